The van der Waals surface area contributed by atoms with Gasteiger partial charge < -0.3 is 10.5 Å². The summed E-state index contributed by atoms with van der Waals surface area (Å²) < 4.78 is 6.38. The average Bonchev–Trinajstić information content (AvgIpc) is 2.76. The lowest BCUT2D eigenvalue weighted by Gasteiger charge is -2.10. The van der Waals surface area contributed by atoms with Gasteiger partial charge in [0.1, 0.15) is 12.1 Å². The topological polar surface area (TPSA) is 70.1 Å². The van der Waals surface area contributed by atoms with E-state index in [4.69, 9.17) is 33.7 Å². The first kappa shape index (κ1) is 14.7. The highest BCUT2D eigenvalue weighted by molar-refractivity contribution is 6.35. The molecular weight excluding hydrogens is 301 g/mol. The number of aryl methyl sites for hydroxylation is 1. The van der Waals surface area contributed by atoms with E-state index in [0.717, 1.165) is 5.56 Å². The van der Waals surface area contributed by atoms with E-state index in [2.05, 4.69) is 4.98 Å². The molecule has 5 nitrogen and oxygen atoms in total. The molecule has 2 N–H and O–H groups in total. The van der Waals surface area contributed by atoms with Gasteiger partial charge in [0.15, 0.2) is 5.69 Å². The Kier molecular flexibility index (Phi) is 4.20. The number of nitrogen functional groups attached to an aromatic ring is 1. The number of carbonyl (C=O) groups is 1. The van der Waals surface area contributed by atoms with E-state index in [0.29, 0.717) is 15.7 Å². The molecule has 0 fully saturated rings. The fourth-order valence-electron chi connectivity index (χ4n) is 1.73. The van der Waals surface area contributed by atoms with Gasteiger partial charge >= 0.3 is 5.97 Å². The van der Waals surface area contributed by atoms with Crippen molar-refractivity contribution in [2.75, 3.05) is 12.3 Å². The molecule has 0 atom stereocenters. The van der Waals surface area contributed by atoms with Crippen molar-refractivity contribution < 1.29 is 9.53 Å². The van der Waals surface area contributed by atoms with Gasteiger partial charge in [-0.15, -0.1) is 0 Å². The number of hydrogen-bond acceptors (Lipinski definition) is 4. The highest BCUT2D eigenvalue weighted by atomic mass is 35.5. The summed E-state index contributed by atoms with van der Waals surface area (Å²) >= 11 is 12.3. The van der Waals surface area contributed by atoms with Crippen molar-refractivity contribution in [3.63, 3.8) is 0 Å². The number of nitrogens with two attached hydrogens (primary N) is 1. The average molecular weight is 314 g/mol. The Bertz CT molecular complexity index is 668. The standard InChI is InChI=1S/C13H13Cl2N3O2/c1-3-20-13(19)11-12(16)18(6-17-11)10-5-8(14)7(2)4-9(10)15/h4-6H,3,16H2,1-2H3. The van der Waals surface area contributed by atoms with Gasteiger partial charge in [0.25, 0.3) is 0 Å². The number of halogens is 2. The molecule has 20 heavy (non-hydrogen) atoms. The Labute approximate surface area is 126 Å². The molecule has 0 amide bonds. The van der Waals surface area contributed by atoms with E-state index < -0.39 is 5.97 Å². The largest absolute Gasteiger partial charge is 0.461 e. The molecule has 2 aromatic rings. The Balaban J connectivity index is 2.50. The van der Waals surface area contributed by atoms with Gasteiger partial charge in [-0.05, 0) is 31.5 Å². The summed E-state index contributed by atoms with van der Waals surface area (Å²) in [5.74, 6) is -0.414. The third-order valence-electron chi connectivity index (χ3n) is 2.76. The minimum Gasteiger partial charge on any atom is -0.461 e. The van der Waals surface area contributed by atoms with Crippen molar-refractivity contribution in [1.29, 1.82) is 0 Å². The second kappa shape index (κ2) is 5.73. The summed E-state index contributed by atoms with van der Waals surface area (Å²) in [5, 5.41) is 1.02. The molecule has 0 spiro atoms. The lowest BCUT2D eigenvalue weighted by atomic mass is 10.2. The van der Waals surface area contributed by atoms with Crippen LogP contribution in [0, 0.1) is 6.92 Å². The number of hydrogen-bond donors (Lipinski definition) is 1. The second-order valence-corrected chi connectivity index (χ2v) is 4.94. The predicted octanol–water partition coefficient (Wildman–Crippen LogP) is 3.25. The van der Waals surface area contributed by atoms with Gasteiger partial charge in [-0.2, -0.15) is 0 Å². The van der Waals surface area contributed by atoms with Gasteiger partial charge in [-0.25, -0.2) is 9.78 Å². The van der Waals surface area contributed by atoms with Crippen LogP contribution in [0.4, 0.5) is 5.82 Å². The number of imidazole rings is 1. The number of aromatic nitrogens is 2. The van der Waals surface area contributed by atoms with Crippen molar-refractivity contribution in [3.05, 3.63) is 39.8 Å². The molecule has 0 unspecified atom stereocenters. The molecule has 1 heterocycles. The van der Waals surface area contributed by atoms with Crippen LogP contribution in [0.1, 0.15) is 23.0 Å². The number of esters is 1. The molecule has 0 bridgehead atoms. The van der Waals surface area contributed by atoms with Crippen LogP contribution in [-0.4, -0.2) is 22.1 Å². The quantitative estimate of drug-likeness (QED) is 0.883. The Morgan fingerprint density at radius 1 is 1.40 bits per heavy atom. The Hall–Kier alpha value is -1.72. The molecule has 0 saturated carbocycles. The summed E-state index contributed by atoms with van der Waals surface area (Å²) in [7, 11) is 0. The summed E-state index contributed by atoms with van der Waals surface area (Å²) in [5.41, 5.74) is 7.39. The van der Waals surface area contributed by atoms with Crippen molar-refractivity contribution in [2.45, 2.75) is 13.8 Å². The minimum atomic E-state index is -0.571. The van der Waals surface area contributed by atoms with Crippen LogP contribution in [0.15, 0.2) is 18.5 Å². The molecule has 0 radical (unpaired) electrons. The number of nitrogens with zero attached hydrogens (tertiary/aromatic N) is 2. The van der Waals surface area contributed by atoms with E-state index in [9.17, 15) is 4.79 Å². The zero-order valence-electron chi connectivity index (χ0n) is 11.0. The molecule has 0 aliphatic heterocycles. The number of carbonyl (C=O) groups excluding carboxylic acids is 1. The van der Waals surface area contributed by atoms with Crippen LogP contribution in [0.3, 0.4) is 0 Å². The van der Waals surface area contributed by atoms with E-state index in [-0.39, 0.29) is 18.1 Å². The first-order chi connectivity index (χ1) is 9.45. The maximum atomic E-state index is 11.7. The van der Waals surface area contributed by atoms with Gasteiger partial charge in [-0.3, -0.25) is 4.57 Å². The van der Waals surface area contributed by atoms with E-state index in [1.54, 1.807) is 19.1 Å². The number of rotatable bonds is 3. The SMILES string of the molecule is CCOC(=O)c1ncn(-c2cc(Cl)c(C)cc2Cl)c1N. The van der Waals surface area contributed by atoms with Crippen LogP contribution >= 0.6 is 23.2 Å². The van der Waals surface area contributed by atoms with E-state index >= 15 is 0 Å². The van der Waals surface area contributed by atoms with Gasteiger partial charge in [0.2, 0.25) is 0 Å². The van der Waals surface area contributed by atoms with E-state index in [1.807, 2.05) is 6.92 Å². The summed E-state index contributed by atoms with van der Waals surface area (Å²) in [6.45, 7) is 3.81. The fraction of sp³-hybridized carbons (Fsp3) is 0.231. The molecule has 2 rings (SSSR count). The maximum Gasteiger partial charge on any atom is 0.360 e. The minimum absolute atomic E-state index is 0.0552. The van der Waals surface area contributed by atoms with Gasteiger partial charge in [0, 0.05) is 5.02 Å². The maximum absolute atomic E-state index is 11.7. The smallest absolute Gasteiger partial charge is 0.360 e. The third kappa shape index (κ3) is 2.59. The van der Waals surface area contributed by atoms with Crippen LogP contribution < -0.4 is 5.73 Å². The number of benzene rings is 1. The lowest BCUT2D eigenvalue weighted by molar-refractivity contribution is 0.0521. The van der Waals surface area contributed by atoms with Crippen LogP contribution in [0.25, 0.3) is 5.69 Å². The first-order valence-electron chi connectivity index (χ1n) is 5.91. The summed E-state index contributed by atoms with van der Waals surface area (Å²) in [6, 6.07) is 3.40. The zero-order valence-corrected chi connectivity index (χ0v) is 12.5. The highest BCUT2D eigenvalue weighted by Crippen LogP contribution is 2.30. The normalized spacial score (nSPS) is 10.6. The van der Waals surface area contributed by atoms with Gasteiger partial charge in [-0.1, -0.05) is 23.2 Å². The molecule has 1 aromatic heterocycles. The Morgan fingerprint density at radius 3 is 2.75 bits per heavy atom. The monoisotopic (exact) mass is 313 g/mol. The van der Waals surface area contributed by atoms with Crippen molar-refractivity contribution in [3.8, 4) is 5.69 Å². The van der Waals surface area contributed by atoms with Crippen LogP contribution in [0.5, 0.6) is 0 Å². The first-order valence-corrected chi connectivity index (χ1v) is 6.67. The van der Waals surface area contributed by atoms with E-state index in [1.165, 1.54) is 10.9 Å². The number of anilines is 1. The lowest BCUT2D eigenvalue weighted by Crippen LogP contribution is -2.09. The molecular formula is C13H13Cl2N3O2. The molecule has 0 saturated heterocycles. The molecule has 1 aromatic carbocycles. The molecule has 0 aliphatic carbocycles. The van der Waals surface area contributed by atoms with Crippen LogP contribution in [0.2, 0.25) is 10.0 Å². The molecule has 106 valence electrons. The van der Waals surface area contributed by atoms with Crippen molar-refractivity contribution in [2.24, 2.45) is 0 Å². The Morgan fingerprint density at radius 2 is 2.10 bits per heavy atom. The zero-order chi connectivity index (χ0) is 14.9. The van der Waals surface area contributed by atoms with Crippen molar-refractivity contribution in [1.82, 2.24) is 9.55 Å². The number of ether oxygens (including phenoxy) is 1. The summed E-state index contributed by atoms with van der Waals surface area (Å²) in [4.78, 5) is 15.6. The third-order valence-corrected chi connectivity index (χ3v) is 3.47. The second-order valence-electron chi connectivity index (χ2n) is 4.12. The fourth-order valence-corrected chi connectivity index (χ4v) is 2.19. The predicted molar refractivity (Wildman–Crippen MR) is 78.7 cm³/mol. The molecule has 0 aliphatic rings. The summed E-state index contributed by atoms with van der Waals surface area (Å²) in [6.07, 6.45) is 1.41. The van der Waals surface area contributed by atoms with Gasteiger partial charge in [0.05, 0.1) is 17.3 Å². The molecule has 7 heteroatoms. The van der Waals surface area contributed by atoms with Crippen LogP contribution in [-0.2, 0) is 4.74 Å². The highest BCUT2D eigenvalue weighted by Gasteiger charge is 2.19. The van der Waals surface area contributed by atoms with Crippen molar-refractivity contribution >= 4 is 35.0 Å².